The lowest BCUT2D eigenvalue weighted by Crippen LogP contribution is -2.25. The molecule has 0 saturated heterocycles. The van der Waals surface area contributed by atoms with Crippen LogP contribution in [0.25, 0.3) is 0 Å². The van der Waals surface area contributed by atoms with Crippen LogP contribution in [0, 0.1) is 0 Å². The Labute approximate surface area is 116 Å². The second-order valence-corrected chi connectivity index (χ2v) is 4.75. The zero-order chi connectivity index (χ0) is 14.1. The molecule has 7 heteroatoms. The van der Waals surface area contributed by atoms with E-state index >= 15 is 0 Å². The highest BCUT2D eigenvalue weighted by Crippen LogP contribution is 2.31. The normalized spacial score (nSPS) is 17.4. The summed E-state index contributed by atoms with van der Waals surface area (Å²) in [5.74, 6) is 0.386. The number of carbonyl (C=O) groups is 1. The van der Waals surface area contributed by atoms with Gasteiger partial charge in [-0.1, -0.05) is 0 Å². The van der Waals surface area contributed by atoms with Gasteiger partial charge in [-0.2, -0.15) is 10.2 Å². The van der Waals surface area contributed by atoms with Crippen LogP contribution in [0.15, 0.2) is 18.6 Å². The van der Waals surface area contributed by atoms with E-state index < -0.39 is 0 Å². The fourth-order valence-corrected chi connectivity index (χ4v) is 2.50. The first-order chi connectivity index (χ1) is 9.70. The van der Waals surface area contributed by atoms with Crippen LogP contribution in [-0.4, -0.2) is 38.7 Å². The van der Waals surface area contributed by atoms with Gasteiger partial charge in [0.25, 0.3) is 0 Å². The molecular weight excluding hydrogens is 258 g/mol. The number of nitrogens with zero attached hydrogens (tertiary/aromatic N) is 4. The van der Waals surface area contributed by atoms with Crippen molar-refractivity contribution in [1.29, 1.82) is 0 Å². The van der Waals surface area contributed by atoms with E-state index in [2.05, 4.69) is 15.5 Å². The molecule has 1 aliphatic rings. The SMILES string of the molecule is CCOC(=O)c1cnn2c1NCCC2c1cnn(C)c1. The van der Waals surface area contributed by atoms with Crippen molar-refractivity contribution in [3.05, 3.63) is 29.7 Å². The van der Waals surface area contributed by atoms with Crippen LogP contribution in [0.5, 0.6) is 0 Å². The van der Waals surface area contributed by atoms with Crippen molar-refractivity contribution in [3.8, 4) is 0 Å². The molecule has 1 atom stereocenters. The minimum absolute atomic E-state index is 0.100. The number of fused-ring (bicyclic) bond motifs is 1. The van der Waals surface area contributed by atoms with Gasteiger partial charge >= 0.3 is 5.97 Å². The number of anilines is 1. The predicted octanol–water partition coefficient (Wildman–Crippen LogP) is 1.20. The lowest BCUT2D eigenvalue weighted by molar-refractivity contribution is 0.0527. The van der Waals surface area contributed by atoms with E-state index in [0.717, 1.165) is 24.3 Å². The molecule has 0 aromatic carbocycles. The fourth-order valence-electron chi connectivity index (χ4n) is 2.50. The van der Waals surface area contributed by atoms with Gasteiger partial charge in [-0.3, -0.25) is 4.68 Å². The number of hydrogen-bond acceptors (Lipinski definition) is 5. The van der Waals surface area contributed by atoms with E-state index in [1.54, 1.807) is 17.8 Å². The first-order valence-electron chi connectivity index (χ1n) is 6.67. The highest BCUT2D eigenvalue weighted by molar-refractivity contribution is 5.94. The van der Waals surface area contributed by atoms with Crippen LogP contribution in [0.3, 0.4) is 0 Å². The Kier molecular flexibility index (Phi) is 3.17. The Balaban J connectivity index is 1.96. The fraction of sp³-hybridized carbons (Fsp3) is 0.462. The smallest absolute Gasteiger partial charge is 0.343 e. The Morgan fingerprint density at radius 2 is 2.35 bits per heavy atom. The number of ether oxygens (including phenoxy) is 1. The summed E-state index contributed by atoms with van der Waals surface area (Å²) in [6.07, 6.45) is 6.29. The minimum Gasteiger partial charge on any atom is -0.462 e. The lowest BCUT2D eigenvalue weighted by atomic mass is 10.1. The number of rotatable bonds is 3. The van der Waals surface area contributed by atoms with Crippen molar-refractivity contribution in [1.82, 2.24) is 19.6 Å². The molecule has 0 bridgehead atoms. The molecule has 1 N–H and O–H groups in total. The Hall–Kier alpha value is -2.31. The van der Waals surface area contributed by atoms with E-state index in [0.29, 0.717) is 12.2 Å². The molecule has 3 rings (SSSR count). The molecule has 1 unspecified atom stereocenters. The zero-order valence-corrected chi connectivity index (χ0v) is 11.5. The van der Waals surface area contributed by atoms with Crippen LogP contribution in [0.1, 0.15) is 35.3 Å². The molecular formula is C13H17N5O2. The predicted molar refractivity (Wildman–Crippen MR) is 72.6 cm³/mol. The van der Waals surface area contributed by atoms with Crippen LogP contribution in [0.4, 0.5) is 5.82 Å². The van der Waals surface area contributed by atoms with Crippen molar-refractivity contribution in [2.75, 3.05) is 18.5 Å². The second kappa shape index (κ2) is 4.99. The molecule has 0 saturated carbocycles. The average Bonchev–Trinajstić information content (AvgIpc) is 3.04. The van der Waals surface area contributed by atoms with E-state index in [4.69, 9.17) is 4.74 Å². The summed E-state index contributed by atoms with van der Waals surface area (Å²) in [5.41, 5.74) is 1.58. The number of esters is 1. The van der Waals surface area contributed by atoms with E-state index in [-0.39, 0.29) is 12.0 Å². The van der Waals surface area contributed by atoms with Gasteiger partial charge in [0.2, 0.25) is 0 Å². The van der Waals surface area contributed by atoms with Gasteiger partial charge in [0.05, 0.1) is 25.0 Å². The average molecular weight is 275 g/mol. The van der Waals surface area contributed by atoms with Gasteiger partial charge in [-0.05, 0) is 13.3 Å². The quantitative estimate of drug-likeness (QED) is 0.852. The van der Waals surface area contributed by atoms with Crippen molar-refractivity contribution in [2.45, 2.75) is 19.4 Å². The third kappa shape index (κ3) is 2.04. The monoisotopic (exact) mass is 275 g/mol. The molecule has 0 radical (unpaired) electrons. The minimum atomic E-state index is -0.340. The summed E-state index contributed by atoms with van der Waals surface area (Å²) in [4.78, 5) is 11.9. The maximum atomic E-state index is 11.9. The zero-order valence-electron chi connectivity index (χ0n) is 11.5. The summed E-state index contributed by atoms with van der Waals surface area (Å²) in [7, 11) is 1.89. The Morgan fingerprint density at radius 1 is 1.50 bits per heavy atom. The molecule has 0 aliphatic carbocycles. The summed E-state index contributed by atoms with van der Waals surface area (Å²) < 4.78 is 8.66. The van der Waals surface area contributed by atoms with Gasteiger partial charge in [-0.15, -0.1) is 0 Å². The van der Waals surface area contributed by atoms with Crippen molar-refractivity contribution >= 4 is 11.8 Å². The Bertz CT molecular complexity index is 630. The van der Waals surface area contributed by atoms with Crippen LogP contribution < -0.4 is 5.32 Å². The Morgan fingerprint density at radius 3 is 3.05 bits per heavy atom. The molecule has 0 fully saturated rings. The second-order valence-electron chi connectivity index (χ2n) is 4.75. The van der Waals surface area contributed by atoms with Crippen molar-refractivity contribution in [3.63, 3.8) is 0 Å². The highest BCUT2D eigenvalue weighted by atomic mass is 16.5. The largest absolute Gasteiger partial charge is 0.462 e. The van der Waals surface area contributed by atoms with Gasteiger partial charge in [0.1, 0.15) is 11.4 Å². The summed E-state index contributed by atoms with van der Waals surface area (Å²) in [6, 6.07) is 0.100. The molecule has 106 valence electrons. The van der Waals surface area contributed by atoms with Crippen molar-refractivity contribution < 1.29 is 9.53 Å². The molecule has 3 heterocycles. The molecule has 2 aromatic rings. The topological polar surface area (TPSA) is 74.0 Å². The van der Waals surface area contributed by atoms with Crippen LogP contribution >= 0.6 is 0 Å². The first-order valence-corrected chi connectivity index (χ1v) is 6.67. The third-order valence-corrected chi connectivity index (χ3v) is 3.41. The number of hydrogen-bond donors (Lipinski definition) is 1. The van der Waals surface area contributed by atoms with Crippen LogP contribution in [0.2, 0.25) is 0 Å². The molecule has 0 spiro atoms. The van der Waals surface area contributed by atoms with Crippen LogP contribution in [-0.2, 0) is 11.8 Å². The van der Waals surface area contributed by atoms with Gasteiger partial charge in [-0.25, -0.2) is 9.48 Å². The standard InChI is InChI=1S/C13H17N5O2/c1-3-20-13(19)10-7-16-18-11(4-5-14-12(10)18)9-6-15-17(2)8-9/h6-8,11,14H,3-5H2,1-2H3. The highest BCUT2D eigenvalue weighted by Gasteiger charge is 2.28. The third-order valence-electron chi connectivity index (χ3n) is 3.41. The molecule has 20 heavy (non-hydrogen) atoms. The number of nitrogens with one attached hydrogen (secondary N) is 1. The maximum absolute atomic E-state index is 11.9. The maximum Gasteiger partial charge on any atom is 0.343 e. The summed E-state index contributed by atoms with van der Waals surface area (Å²) in [5, 5.41) is 11.8. The van der Waals surface area contributed by atoms with Gasteiger partial charge < -0.3 is 10.1 Å². The molecule has 2 aromatic heterocycles. The summed E-state index contributed by atoms with van der Waals surface area (Å²) in [6.45, 7) is 2.94. The van der Waals surface area contributed by atoms with E-state index in [9.17, 15) is 4.79 Å². The lowest BCUT2D eigenvalue weighted by Gasteiger charge is -2.25. The van der Waals surface area contributed by atoms with Gasteiger partial charge in [0, 0.05) is 25.4 Å². The van der Waals surface area contributed by atoms with Gasteiger partial charge in [0.15, 0.2) is 0 Å². The van der Waals surface area contributed by atoms with Crippen molar-refractivity contribution in [2.24, 2.45) is 7.05 Å². The molecule has 1 aliphatic heterocycles. The summed E-state index contributed by atoms with van der Waals surface area (Å²) >= 11 is 0. The van der Waals surface area contributed by atoms with E-state index in [1.165, 1.54) is 0 Å². The molecule has 0 amide bonds. The number of aryl methyl sites for hydroxylation is 1. The first kappa shape index (κ1) is 12.7. The number of carbonyl (C=O) groups excluding carboxylic acids is 1. The number of aromatic nitrogens is 4. The van der Waals surface area contributed by atoms with E-state index in [1.807, 2.05) is 24.1 Å². The molecule has 7 nitrogen and oxygen atoms in total.